The summed E-state index contributed by atoms with van der Waals surface area (Å²) in [4.78, 5) is 25.0. The van der Waals surface area contributed by atoms with E-state index in [-0.39, 0.29) is 5.91 Å². The first-order chi connectivity index (χ1) is 10.0. The Hall–Kier alpha value is -1.92. The van der Waals surface area contributed by atoms with Crippen LogP contribution >= 0.6 is 11.3 Å². The lowest BCUT2D eigenvalue weighted by atomic mass is 10.1. The first-order valence-electron chi connectivity index (χ1n) is 6.65. The van der Waals surface area contributed by atoms with Gasteiger partial charge in [0.15, 0.2) is 0 Å². The van der Waals surface area contributed by atoms with Crippen LogP contribution in [-0.2, 0) is 11.3 Å². The number of fused-ring (bicyclic) bond motifs is 1. The second-order valence-electron chi connectivity index (χ2n) is 4.87. The molecule has 1 heterocycles. The fraction of sp³-hybridized carbons (Fsp3) is 0.333. The molecule has 0 fully saturated rings. The van der Waals surface area contributed by atoms with E-state index in [1.807, 2.05) is 36.2 Å². The highest BCUT2D eigenvalue weighted by atomic mass is 32.1. The zero-order chi connectivity index (χ0) is 15.4. The van der Waals surface area contributed by atoms with Crippen molar-refractivity contribution < 1.29 is 14.7 Å². The molecule has 0 radical (unpaired) electrons. The van der Waals surface area contributed by atoms with E-state index in [0.29, 0.717) is 24.4 Å². The van der Waals surface area contributed by atoms with Crippen molar-refractivity contribution in [3.05, 3.63) is 34.7 Å². The van der Waals surface area contributed by atoms with E-state index in [9.17, 15) is 14.7 Å². The molecule has 2 rings (SSSR count). The minimum atomic E-state index is -0.897. The molecule has 0 atom stereocenters. The van der Waals surface area contributed by atoms with Crippen LogP contribution in [0.1, 0.15) is 21.7 Å². The molecule has 0 bridgehead atoms. The predicted molar refractivity (Wildman–Crippen MR) is 83.8 cm³/mol. The van der Waals surface area contributed by atoms with Gasteiger partial charge in [0.1, 0.15) is 4.88 Å². The van der Waals surface area contributed by atoms with Gasteiger partial charge in [-0.1, -0.05) is 18.2 Å². The molecule has 0 aliphatic rings. The first kappa shape index (κ1) is 15.5. The number of thiophene rings is 1. The number of amides is 1. The topological polar surface area (TPSA) is 69.6 Å². The molecule has 112 valence electrons. The van der Waals surface area contributed by atoms with Crippen LogP contribution in [0.5, 0.6) is 0 Å². The Morgan fingerprint density at radius 3 is 2.71 bits per heavy atom. The molecule has 1 aromatic heterocycles. The van der Waals surface area contributed by atoms with E-state index in [1.54, 1.807) is 7.05 Å². The second-order valence-corrected chi connectivity index (χ2v) is 5.92. The fourth-order valence-corrected chi connectivity index (χ4v) is 3.25. The SMILES string of the molecule is CNC(=O)CCN(C)Cc1c(C(=O)O)sc2ccccc12. The number of carboxylic acid groups (broad SMARTS) is 1. The Kier molecular flexibility index (Phi) is 4.93. The van der Waals surface area contributed by atoms with Gasteiger partial charge in [-0.25, -0.2) is 4.79 Å². The highest BCUT2D eigenvalue weighted by Gasteiger charge is 2.18. The van der Waals surface area contributed by atoms with Gasteiger partial charge in [0.05, 0.1) is 0 Å². The van der Waals surface area contributed by atoms with Crippen LogP contribution in [0.3, 0.4) is 0 Å². The molecule has 0 spiro atoms. The van der Waals surface area contributed by atoms with E-state index in [0.717, 1.165) is 15.6 Å². The van der Waals surface area contributed by atoms with Crippen LogP contribution in [0.15, 0.2) is 24.3 Å². The largest absolute Gasteiger partial charge is 0.477 e. The number of aromatic carboxylic acids is 1. The van der Waals surface area contributed by atoms with Gasteiger partial charge in [-0.3, -0.25) is 4.79 Å². The molecule has 2 aromatic rings. The summed E-state index contributed by atoms with van der Waals surface area (Å²) < 4.78 is 0.976. The number of carbonyl (C=O) groups is 2. The van der Waals surface area contributed by atoms with Crippen molar-refractivity contribution >= 4 is 33.3 Å². The monoisotopic (exact) mass is 306 g/mol. The van der Waals surface area contributed by atoms with Crippen molar-refractivity contribution in [1.82, 2.24) is 10.2 Å². The Bertz CT molecular complexity index is 666. The molecule has 2 N–H and O–H groups in total. The molecular weight excluding hydrogens is 288 g/mol. The lowest BCUT2D eigenvalue weighted by molar-refractivity contribution is -0.120. The molecular formula is C15H18N2O3S. The van der Waals surface area contributed by atoms with E-state index >= 15 is 0 Å². The standard InChI is InChI=1S/C15H18N2O3S/c1-16-13(18)7-8-17(2)9-11-10-5-3-4-6-12(10)21-14(11)15(19)20/h3-6H,7-9H2,1-2H3,(H,16,18)(H,19,20). The predicted octanol–water partition coefficient (Wildman–Crippen LogP) is 2.17. The normalized spacial score (nSPS) is 11.0. The minimum absolute atomic E-state index is 0.0181. The van der Waals surface area contributed by atoms with Gasteiger partial charge < -0.3 is 15.3 Å². The van der Waals surface area contributed by atoms with Crippen molar-refractivity contribution in [2.45, 2.75) is 13.0 Å². The van der Waals surface area contributed by atoms with Gasteiger partial charge >= 0.3 is 5.97 Å². The number of nitrogens with zero attached hydrogens (tertiary/aromatic N) is 1. The van der Waals surface area contributed by atoms with Crippen molar-refractivity contribution in [2.75, 3.05) is 20.6 Å². The van der Waals surface area contributed by atoms with Crippen LogP contribution < -0.4 is 5.32 Å². The third-order valence-corrected chi connectivity index (χ3v) is 4.52. The number of hydrogen-bond donors (Lipinski definition) is 2. The summed E-state index contributed by atoms with van der Waals surface area (Å²) in [5.41, 5.74) is 0.822. The second kappa shape index (κ2) is 6.69. The maximum absolute atomic E-state index is 11.4. The Morgan fingerprint density at radius 1 is 1.33 bits per heavy atom. The van der Waals surface area contributed by atoms with Gasteiger partial charge in [0.25, 0.3) is 0 Å². The summed E-state index contributed by atoms with van der Waals surface area (Å²) in [6.07, 6.45) is 0.400. The van der Waals surface area contributed by atoms with Crippen LogP contribution in [0.4, 0.5) is 0 Å². The molecule has 21 heavy (non-hydrogen) atoms. The molecule has 5 nitrogen and oxygen atoms in total. The Balaban J connectivity index is 2.22. The number of nitrogens with one attached hydrogen (secondary N) is 1. The molecule has 1 amide bonds. The van der Waals surface area contributed by atoms with E-state index in [2.05, 4.69) is 5.32 Å². The molecule has 0 saturated heterocycles. The van der Waals surface area contributed by atoms with Crippen LogP contribution in [0, 0.1) is 0 Å². The zero-order valence-corrected chi connectivity index (χ0v) is 12.9. The Labute approximate surface area is 127 Å². The summed E-state index contributed by atoms with van der Waals surface area (Å²) >= 11 is 1.30. The van der Waals surface area contributed by atoms with Crippen LogP contribution in [-0.4, -0.2) is 42.5 Å². The molecule has 1 aromatic carbocycles. The number of benzene rings is 1. The average molecular weight is 306 g/mol. The summed E-state index contributed by atoms with van der Waals surface area (Å²) in [5, 5.41) is 12.9. The number of rotatable bonds is 6. The highest BCUT2D eigenvalue weighted by molar-refractivity contribution is 7.21. The number of hydrogen-bond acceptors (Lipinski definition) is 4. The summed E-state index contributed by atoms with van der Waals surface area (Å²) in [7, 11) is 3.50. The van der Waals surface area contributed by atoms with Crippen molar-refractivity contribution in [1.29, 1.82) is 0 Å². The number of carboxylic acids is 1. The highest BCUT2D eigenvalue weighted by Crippen LogP contribution is 2.32. The van der Waals surface area contributed by atoms with E-state index < -0.39 is 5.97 Å². The summed E-state index contributed by atoms with van der Waals surface area (Å²) in [6, 6.07) is 7.69. The smallest absolute Gasteiger partial charge is 0.346 e. The summed E-state index contributed by atoms with van der Waals surface area (Å²) in [5.74, 6) is -0.915. The van der Waals surface area contributed by atoms with E-state index in [4.69, 9.17) is 0 Å². The molecule has 0 aliphatic heterocycles. The van der Waals surface area contributed by atoms with Crippen LogP contribution in [0.25, 0.3) is 10.1 Å². The third-order valence-electron chi connectivity index (χ3n) is 3.32. The molecule has 0 unspecified atom stereocenters. The average Bonchev–Trinajstić information content (AvgIpc) is 2.84. The maximum Gasteiger partial charge on any atom is 0.346 e. The zero-order valence-electron chi connectivity index (χ0n) is 12.0. The van der Waals surface area contributed by atoms with Gasteiger partial charge in [0, 0.05) is 31.3 Å². The first-order valence-corrected chi connectivity index (χ1v) is 7.47. The van der Waals surface area contributed by atoms with Crippen molar-refractivity contribution in [3.8, 4) is 0 Å². The third kappa shape index (κ3) is 3.59. The van der Waals surface area contributed by atoms with Crippen molar-refractivity contribution in [2.24, 2.45) is 0 Å². The molecule has 0 saturated carbocycles. The van der Waals surface area contributed by atoms with Crippen LogP contribution in [0.2, 0.25) is 0 Å². The molecule has 0 aliphatic carbocycles. The quantitative estimate of drug-likeness (QED) is 0.858. The molecule has 6 heteroatoms. The number of carbonyl (C=O) groups excluding carboxylic acids is 1. The lowest BCUT2D eigenvalue weighted by Gasteiger charge is -2.16. The fourth-order valence-electron chi connectivity index (χ4n) is 2.19. The van der Waals surface area contributed by atoms with Gasteiger partial charge in [-0.2, -0.15) is 0 Å². The van der Waals surface area contributed by atoms with Gasteiger partial charge in [-0.05, 0) is 24.1 Å². The van der Waals surface area contributed by atoms with E-state index in [1.165, 1.54) is 11.3 Å². The minimum Gasteiger partial charge on any atom is -0.477 e. The van der Waals surface area contributed by atoms with Crippen molar-refractivity contribution in [3.63, 3.8) is 0 Å². The summed E-state index contributed by atoms with van der Waals surface area (Å²) in [6.45, 7) is 1.10. The van der Waals surface area contributed by atoms with Gasteiger partial charge in [0.2, 0.25) is 5.91 Å². The lowest BCUT2D eigenvalue weighted by Crippen LogP contribution is -2.26. The van der Waals surface area contributed by atoms with Gasteiger partial charge in [-0.15, -0.1) is 11.3 Å². The Morgan fingerprint density at radius 2 is 2.05 bits per heavy atom. The maximum atomic E-state index is 11.4.